The summed E-state index contributed by atoms with van der Waals surface area (Å²) in [6.07, 6.45) is 3.57. The zero-order valence-corrected chi connectivity index (χ0v) is 13.4. The normalized spacial score (nSPS) is 24.0. The Hall–Kier alpha value is -1.10. The molecule has 1 aliphatic heterocycles. The number of rotatable bonds is 2. The standard InChI is InChI=1S/C17H29N3O/c1-19-13-6-11-18-12-10-17(20(2)15-7-14-19)21-16-8-4-3-5-9-16/h3-5,8-9,17-18H,6-7,10-15H2,1-2H3. The van der Waals surface area contributed by atoms with E-state index >= 15 is 0 Å². The number of ether oxygens (including phenoxy) is 1. The van der Waals surface area contributed by atoms with Gasteiger partial charge in [-0.1, -0.05) is 18.2 Å². The Morgan fingerprint density at radius 1 is 1.00 bits per heavy atom. The molecule has 0 aliphatic carbocycles. The van der Waals surface area contributed by atoms with Crippen LogP contribution < -0.4 is 10.1 Å². The number of nitrogens with one attached hydrogen (secondary N) is 1. The van der Waals surface area contributed by atoms with Gasteiger partial charge in [-0.05, 0) is 65.2 Å². The van der Waals surface area contributed by atoms with E-state index in [1.807, 2.05) is 30.3 Å². The molecule has 1 aromatic carbocycles. The number of benzene rings is 1. The Morgan fingerprint density at radius 2 is 1.76 bits per heavy atom. The first-order chi connectivity index (χ1) is 10.3. The molecule has 1 saturated heterocycles. The molecule has 1 atom stereocenters. The largest absolute Gasteiger partial charge is 0.475 e. The molecule has 2 rings (SSSR count). The van der Waals surface area contributed by atoms with E-state index in [0.717, 1.165) is 38.3 Å². The van der Waals surface area contributed by atoms with Crippen molar-refractivity contribution in [2.24, 2.45) is 0 Å². The molecule has 118 valence electrons. The Labute approximate surface area is 129 Å². The first-order valence-electron chi connectivity index (χ1n) is 8.07. The van der Waals surface area contributed by atoms with Gasteiger partial charge >= 0.3 is 0 Å². The molecule has 1 N–H and O–H groups in total. The summed E-state index contributed by atoms with van der Waals surface area (Å²) < 4.78 is 6.17. The number of hydrogen-bond acceptors (Lipinski definition) is 4. The van der Waals surface area contributed by atoms with Gasteiger partial charge in [0, 0.05) is 13.0 Å². The van der Waals surface area contributed by atoms with Gasteiger partial charge < -0.3 is 15.0 Å². The van der Waals surface area contributed by atoms with E-state index in [2.05, 4.69) is 29.2 Å². The lowest BCUT2D eigenvalue weighted by Crippen LogP contribution is -2.41. The average Bonchev–Trinajstić information content (AvgIpc) is 2.49. The zero-order chi connectivity index (χ0) is 14.9. The second-order valence-corrected chi connectivity index (χ2v) is 5.92. The summed E-state index contributed by atoms with van der Waals surface area (Å²) >= 11 is 0. The van der Waals surface area contributed by atoms with E-state index in [-0.39, 0.29) is 6.23 Å². The maximum Gasteiger partial charge on any atom is 0.153 e. The van der Waals surface area contributed by atoms with Crippen LogP contribution in [0.15, 0.2) is 30.3 Å². The highest BCUT2D eigenvalue weighted by Crippen LogP contribution is 2.14. The zero-order valence-electron chi connectivity index (χ0n) is 13.4. The third kappa shape index (κ3) is 6.04. The lowest BCUT2D eigenvalue weighted by Gasteiger charge is -2.30. The van der Waals surface area contributed by atoms with E-state index in [9.17, 15) is 0 Å². The van der Waals surface area contributed by atoms with E-state index in [4.69, 9.17) is 4.74 Å². The Bertz CT molecular complexity index is 385. The molecular formula is C17H29N3O. The molecular weight excluding hydrogens is 262 g/mol. The van der Waals surface area contributed by atoms with Gasteiger partial charge in [0.05, 0.1) is 0 Å². The van der Waals surface area contributed by atoms with Gasteiger partial charge in [0.15, 0.2) is 6.23 Å². The first-order valence-corrected chi connectivity index (χ1v) is 8.07. The van der Waals surface area contributed by atoms with Crippen molar-refractivity contribution < 1.29 is 4.74 Å². The molecule has 21 heavy (non-hydrogen) atoms. The molecule has 0 amide bonds. The summed E-state index contributed by atoms with van der Waals surface area (Å²) in [5.41, 5.74) is 0. The van der Waals surface area contributed by atoms with Crippen LogP contribution in [0.1, 0.15) is 19.3 Å². The Morgan fingerprint density at radius 3 is 2.57 bits per heavy atom. The minimum absolute atomic E-state index is 0.143. The number of nitrogens with zero attached hydrogens (tertiary/aromatic N) is 2. The van der Waals surface area contributed by atoms with Gasteiger partial charge in [0.1, 0.15) is 5.75 Å². The van der Waals surface area contributed by atoms with Crippen molar-refractivity contribution in [3.05, 3.63) is 30.3 Å². The van der Waals surface area contributed by atoms with Crippen molar-refractivity contribution in [1.29, 1.82) is 0 Å². The van der Waals surface area contributed by atoms with Crippen molar-refractivity contribution in [2.75, 3.05) is 46.8 Å². The smallest absolute Gasteiger partial charge is 0.153 e. The topological polar surface area (TPSA) is 27.7 Å². The Balaban J connectivity index is 1.92. The predicted molar refractivity (Wildman–Crippen MR) is 87.7 cm³/mol. The van der Waals surface area contributed by atoms with Crippen LogP contribution >= 0.6 is 0 Å². The van der Waals surface area contributed by atoms with Gasteiger partial charge in [0.25, 0.3) is 0 Å². The molecule has 4 nitrogen and oxygen atoms in total. The van der Waals surface area contributed by atoms with Gasteiger partial charge in [-0.2, -0.15) is 0 Å². The van der Waals surface area contributed by atoms with E-state index in [0.29, 0.717) is 0 Å². The van der Waals surface area contributed by atoms with Crippen LogP contribution in [-0.2, 0) is 0 Å². The summed E-state index contributed by atoms with van der Waals surface area (Å²) in [4.78, 5) is 4.76. The summed E-state index contributed by atoms with van der Waals surface area (Å²) in [5.74, 6) is 0.957. The lowest BCUT2D eigenvalue weighted by molar-refractivity contribution is 0.0352. The van der Waals surface area contributed by atoms with E-state index in [1.165, 1.54) is 19.4 Å². The highest BCUT2D eigenvalue weighted by atomic mass is 16.5. The molecule has 0 spiro atoms. The molecule has 0 radical (unpaired) electrons. The van der Waals surface area contributed by atoms with E-state index < -0.39 is 0 Å². The van der Waals surface area contributed by atoms with E-state index in [1.54, 1.807) is 0 Å². The highest BCUT2D eigenvalue weighted by molar-refractivity contribution is 5.21. The molecule has 1 aromatic rings. The fraction of sp³-hybridized carbons (Fsp3) is 0.647. The van der Waals surface area contributed by atoms with Crippen molar-refractivity contribution in [1.82, 2.24) is 15.1 Å². The van der Waals surface area contributed by atoms with Crippen LogP contribution in [0.4, 0.5) is 0 Å². The maximum absolute atomic E-state index is 6.17. The summed E-state index contributed by atoms with van der Waals surface area (Å²) in [5, 5.41) is 3.53. The molecule has 1 unspecified atom stereocenters. The fourth-order valence-electron chi connectivity index (χ4n) is 2.70. The van der Waals surface area contributed by atoms with Gasteiger partial charge in [-0.3, -0.25) is 4.90 Å². The summed E-state index contributed by atoms with van der Waals surface area (Å²) in [6, 6.07) is 10.1. The summed E-state index contributed by atoms with van der Waals surface area (Å²) in [7, 11) is 4.38. The monoisotopic (exact) mass is 291 g/mol. The van der Waals surface area contributed by atoms with Crippen LogP contribution in [-0.4, -0.2) is 62.8 Å². The molecule has 1 heterocycles. The quantitative estimate of drug-likeness (QED) is 0.902. The van der Waals surface area contributed by atoms with Gasteiger partial charge in [0.2, 0.25) is 0 Å². The second-order valence-electron chi connectivity index (χ2n) is 5.92. The molecule has 1 fully saturated rings. The lowest BCUT2D eigenvalue weighted by atomic mass is 10.2. The van der Waals surface area contributed by atoms with Gasteiger partial charge in [-0.25, -0.2) is 0 Å². The SMILES string of the molecule is CN1CCCNCCC(Oc2ccccc2)N(C)CCC1. The highest BCUT2D eigenvalue weighted by Gasteiger charge is 2.16. The van der Waals surface area contributed by atoms with Crippen LogP contribution in [0.2, 0.25) is 0 Å². The number of para-hydroxylation sites is 1. The van der Waals surface area contributed by atoms with Crippen LogP contribution in [0, 0.1) is 0 Å². The van der Waals surface area contributed by atoms with Crippen LogP contribution in [0.5, 0.6) is 5.75 Å². The molecule has 0 aromatic heterocycles. The minimum Gasteiger partial charge on any atom is -0.475 e. The van der Waals surface area contributed by atoms with Crippen LogP contribution in [0.3, 0.4) is 0 Å². The fourth-order valence-corrected chi connectivity index (χ4v) is 2.70. The van der Waals surface area contributed by atoms with Crippen molar-refractivity contribution in [3.63, 3.8) is 0 Å². The Kier molecular flexibility index (Phi) is 7.00. The van der Waals surface area contributed by atoms with Gasteiger partial charge in [-0.15, -0.1) is 0 Å². The van der Waals surface area contributed by atoms with Crippen molar-refractivity contribution in [2.45, 2.75) is 25.5 Å². The third-order valence-corrected chi connectivity index (χ3v) is 4.02. The molecule has 1 aliphatic rings. The maximum atomic E-state index is 6.17. The van der Waals surface area contributed by atoms with Crippen molar-refractivity contribution >= 4 is 0 Å². The number of hydrogen-bond donors (Lipinski definition) is 1. The molecule has 0 saturated carbocycles. The minimum atomic E-state index is 0.143. The second kappa shape index (κ2) is 9.03. The molecule has 4 heteroatoms. The average molecular weight is 291 g/mol. The first kappa shape index (κ1) is 16.3. The van der Waals surface area contributed by atoms with Crippen molar-refractivity contribution in [3.8, 4) is 5.75 Å². The third-order valence-electron chi connectivity index (χ3n) is 4.02. The van der Waals surface area contributed by atoms with Crippen LogP contribution in [0.25, 0.3) is 0 Å². The molecule has 0 bridgehead atoms. The summed E-state index contributed by atoms with van der Waals surface area (Å²) in [6.45, 7) is 5.50. The predicted octanol–water partition coefficient (Wildman–Crippen LogP) is 2.03.